The van der Waals surface area contributed by atoms with Gasteiger partial charge in [-0.05, 0) is 44.9 Å². The Balaban J connectivity index is 2.09. The van der Waals surface area contributed by atoms with Crippen LogP contribution in [0, 0.1) is 13.8 Å². The summed E-state index contributed by atoms with van der Waals surface area (Å²) in [5.41, 5.74) is 3.15. The number of carbonyl (C=O) groups excluding carboxylic acids is 1. The summed E-state index contributed by atoms with van der Waals surface area (Å²) >= 11 is 0. The Hall–Kier alpha value is -2.49. The third kappa shape index (κ3) is 4.75. The standard InChI is InChI=1S/C21H27NO3/c1-6-18(25-19-12-11-14(2)13-15(19)3)21(23)22-16(4)17-9-7-8-10-20(17)24-5/h7-13,16,18H,6H2,1-5H3,(H,22,23)/t16-,18+/m0/s1. The summed E-state index contributed by atoms with van der Waals surface area (Å²) in [6.07, 6.45) is 0.0659. The highest BCUT2D eigenvalue weighted by molar-refractivity contribution is 5.81. The fourth-order valence-electron chi connectivity index (χ4n) is 2.82. The molecule has 0 unspecified atom stereocenters. The van der Waals surface area contributed by atoms with E-state index in [1.165, 1.54) is 5.56 Å². The Morgan fingerprint density at radius 3 is 2.48 bits per heavy atom. The lowest BCUT2D eigenvalue weighted by Gasteiger charge is -2.22. The minimum Gasteiger partial charge on any atom is -0.496 e. The second kappa shape index (κ2) is 8.56. The summed E-state index contributed by atoms with van der Waals surface area (Å²) in [4.78, 5) is 12.7. The first-order valence-electron chi connectivity index (χ1n) is 8.63. The van der Waals surface area contributed by atoms with E-state index >= 15 is 0 Å². The van der Waals surface area contributed by atoms with Crippen molar-refractivity contribution in [1.29, 1.82) is 0 Å². The maximum Gasteiger partial charge on any atom is 0.261 e. The lowest BCUT2D eigenvalue weighted by atomic mass is 10.1. The fourth-order valence-corrected chi connectivity index (χ4v) is 2.82. The highest BCUT2D eigenvalue weighted by atomic mass is 16.5. The van der Waals surface area contributed by atoms with Crippen molar-refractivity contribution < 1.29 is 14.3 Å². The van der Waals surface area contributed by atoms with Gasteiger partial charge in [-0.2, -0.15) is 0 Å². The molecule has 0 heterocycles. The number of nitrogens with one attached hydrogen (secondary N) is 1. The van der Waals surface area contributed by atoms with Crippen LogP contribution >= 0.6 is 0 Å². The van der Waals surface area contributed by atoms with Crippen LogP contribution in [0.1, 0.15) is 43.0 Å². The zero-order chi connectivity index (χ0) is 18.4. The molecule has 0 saturated heterocycles. The van der Waals surface area contributed by atoms with E-state index in [9.17, 15) is 4.79 Å². The molecule has 4 nitrogen and oxygen atoms in total. The smallest absolute Gasteiger partial charge is 0.261 e. The van der Waals surface area contributed by atoms with E-state index in [1.54, 1.807) is 7.11 Å². The average Bonchev–Trinajstić information content (AvgIpc) is 2.60. The molecule has 0 spiro atoms. The largest absolute Gasteiger partial charge is 0.496 e. The summed E-state index contributed by atoms with van der Waals surface area (Å²) in [7, 11) is 1.63. The van der Waals surface area contributed by atoms with E-state index < -0.39 is 6.10 Å². The molecule has 1 N–H and O–H groups in total. The number of benzene rings is 2. The summed E-state index contributed by atoms with van der Waals surface area (Å²) in [6, 6.07) is 13.5. The number of methoxy groups -OCH3 is 1. The zero-order valence-electron chi connectivity index (χ0n) is 15.6. The molecule has 2 rings (SSSR count). The van der Waals surface area contributed by atoms with Crippen molar-refractivity contribution in [3.8, 4) is 11.5 Å². The second-order valence-electron chi connectivity index (χ2n) is 6.26. The van der Waals surface area contributed by atoms with Crippen LogP contribution in [0.4, 0.5) is 0 Å². The monoisotopic (exact) mass is 341 g/mol. The van der Waals surface area contributed by atoms with Crippen molar-refractivity contribution in [2.75, 3.05) is 7.11 Å². The SMILES string of the molecule is CC[C@@H](Oc1ccc(C)cc1C)C(=O)N[C@@H](C)c1ccccc1OC. The first kappa shape index (κ1) is 18.8. The van der Waals surface area contributed by atoms with Crippen molar-refractivity contribution in [1.82, 2.24) is 5.32 Å². The molecule has 0 aromatic heterocycles. The molecule has 0 aliphatic rings. The first-order valence-corrected chi connectivity index (χ1v) is 8.63. The first-order chi connectivity index (χ1) is 12.0. The van der Waals surface area contributed by atoms with Gasteiger partial charge in [-0.3, -0.25) is 4.79 Å². The number of hydrogen-bond donors (Lipinski definition) is 1. The third-order valence-electron chi connectivity index (χ3n) is 4.23. The molecule has 2 atom stereocenters. The number of amides is 1. The number of aryl methyl sites for hydroxylation is 2. The van der Waals surface area contributed by atoms with Gasteiger partial charge < -0.3 is 14.8 Å². The van der Waals surface area contributed by atoms with Gasteiger partial charge in [-0.15, -0.1) is 0 Å². The van der Waals surface area contributed by atoms with Crippen LogP contribution in [0.2, 0.25) is 0 Å². The predicted molar refractivity (Wildman–Crippen MR) is 100 cm³/mol. The van der Waals surface area contributed by atoms with Crippen LogP contribution in [0.25, 0.3) is 0 Å². The second-order valence-corrected chi connectivity index (χ2v) is 6.26. The summed E-state index contributed by atoms with van der Waals surface area (Å²) in [5.74, 6) is 1.39. The molecule has 0 fully saturated rings. The Bertz CT molecular complexity index is 727. The summed E-state index contributed by atoms with van der Waals surface area (Å²) in [5, 5.41) is 3.03. The number of rotatable bonds is 7. The van der Waals surface area contributed by atoms with Crippen LogP contribution in [0.3, 0.4) is 0 Å². The van der Waals surface area contributed by atoms with E-state index in [0.29, 0.717) is 6.42 Å². The fraction of sp³-hybridized carbons (Fsp3) is 0.381. The molecule has 1 amide bonds. The number of hydrogen-bond acceptors (Lipinski definition) is 3. The van der Waals surface area contributed by atoms with Crippen LogP contribution in [0.15, 0.2) is 42.5 Å². The van der Waals surface area contributed by atoms with Crippen molar-refractivity contribution in [2.45, 2.75) is 46.3 Å². The Kier molecular flexibility index (Phi) is 6.45. The molecule has 134 valence electrons. The molecule has 2 aromatic rings. The molecule has 4 heteroatoms. The van der Waals surface area contributed by atoms with Crippen molar-refractivity contribution in [2.24, 2.45) is 0 Å². The Morgan fingerprint density at radius 2 is 1.84 bits per heavy atom. The van der Waals surface area contributed by atoms with Crippen molar-refractivity contribution in [3.05, 3.63) is 59.2 Å². The molecular weight excluding hydrogens is 314 g/mol. The molecule has 0 aliphatic carbocycles. The van der Waals surface area contributed by atoms with E-state index in [2.05, 4.69) is 11.4 Å². The van der Waals surface area contributed by atoms with Crippen LogP contribution < -0.4 is 14.8 Å². The van der Waals surface area contributed by atoms with E-state index in [4.69, 9.17) is 9.47 Å². The van der Waals surface area contributed by atoms with Gasteiger partial charge in [-0.1, -0.05) is 42.8 Å². The van der Waals surface area contributed by atoms with Gasteiger partial charge >= 0.3 is 0 Å². The van der Waals surface area contributed by atoms with Crippen molar-refractivity contribution >= 4 is 5.91 Å². The lowest BCUT2D eigenvalue weighted by Crippen LogP contribution is -2.39. The van der Waals surface area contributed by atoms with Gasteiger partial charge in [0.05, 0.1) is 13.2 Å². The minimum absolute atomic E-state index is 0.124. The molecule has 0 radical (unpaired) electrons. The lowest BCUT2D eigenvalue weighted by molar-refractivity contribution is -0.128. The third-order valence-corrected chi connectivity index (χ3v) is 4.23. The zero-order valence-corrected chi connectivity index (χ0v) is 15.6. The van der Waals surface area contributed by atoms with Crippen molar-refractivity contribution in [3.63, 3.8) is 0 Å². The summed E-state index contributed by atoms with van der Waals surface area (Å²) < 4.78 is 11.3. The van der Waals surface area contributed by atoms with Crippen LogP contribution in [0.5, 0.6) is 11.5 Å². The summed E-state index contributed by atoms with van der Waals surface area (Å²) in [6.45, 7) is 7.92. The van der Waals surface area contributed by atoms with Crippen LogP contribution in [-0.2, 0) is 4.79 Å². The van der Waals surface area contributed by atoms with Gasteiger partial charge in [-0.25, -0.2) is 0 Å². The van der Waals surface area contributed by atoms with Crippen LogP contribution in [-0.4, -0.2) is 19.1 Å². The molecular formula is C21H27NO3. The minimum atomic E-state index is -0.529. The molecule has 0 bridgehead atoms. The van der Waals surface area contributed by atoms with Gasteiger partial charge in [0.15, 0.2) is 6.10 Å². The van der Waals surface area contributed by atoms with Gasteiger partial charge in [0.2, 0.25) is 0 Å². The Labute approximate surface area is 150 Å². The van der Waals surface area contributed by atoms with E-state index in [1.807, 2.05) is 64.1 Å². The van der Waals surface area contributed by atoms with E-state index in [-0.39, 0.29) is 11.9 Å². The highest BCUT2D eigenvalue weighted by Crippen LogP contribution is 2.25. The molecule has 25 heavy (non-hydrogen) atoms. The Morgan fingerprint density at radius 1 is 1.12 bits per heavy atom. The van der Waals surface area contributed by atoms with Gasteiger partial charge in [0.1, 0.15) is 11.5 Å². The number of ether oxygens (including phenoxy) is 2. The topological polar surface area (TPSA) is 47.6 Å². The van der Waals surface area contributed by atoms with Gasteiger partial charge in [0, 0.05) is 5.56 Å². The highest BCUT2D eigenvalue weighted by Gasteiger charge is 2.22. The quantitative estimate of drug-likeness (QED) is 0.814. The number of para-hydroxylation sites is 1. The molecule has 2 aromatic carbocycles. The number of carbonyl (C=O) groups is 1. The normalized spacial score (nSPS) is 13.0. The van der Waals surface area contributed by atoms with E-state index in [0.717, 1.165) is 22.6 Å². The maximum atomic E-state index is 12.7. The average molecular weight is 341 g/mol. The molecule has 0 aliphatic heterocycles. The maximum absolute atomic E-state index is 12.7. The van der Waals surface area contributed by atoms with Gasteiger partial charge in [0.25, 0.3) is 5.91 Å². The predicted octanol–water partition coefficient (Wildman–Crippen LogP) is 4.35. The molecule has 0 saturated carbocycles.